The molecular formula is C18H23N5O2. The van der Waals surface area contributed by atoms with Gasteiger partial charge in [-0.1, -0.05) is 6.07 Å². The summed E-state index contributed by atoms with van der Waals surface area (Å²) in [5, 5.41) is 0. The maximum absolute atomic E-state index is 13.0. The van der Waals surface area contributed by atoms with Crippen molar-refractivity contribution in [1.82, 2.24) is 19.9 Å². The molecular weight excluding hydrogens is 318 g/mol. The molecule has 0 aliphatic carbocycles. The fourth-order valence-electron chi connectivity index (χ4n) is 3.30. The summed E-state index contributed by atoms with van der Waals surface area (Å²) in [6.07, 6.45) is 8.57. The van der Waals surface area contributed by atoms with E-state index >= 15 is 0 Å². The Morgan fingerprint density at radius 1 is 1.28 bits per heavy atom. The zero-order chi connectivity index (χ0) is 17.6. The maximum atomic E-state index is 13.0. The summed E-state index contributed by atoms with van der Waals surface area (Å²) in [6.45, 7) is 2.47. The minimum absolute atomic E-state index is 0.122. The Labute approximate surface area is 147 Å². The number of ether oxygens (including phenoxy) is 1. The average Bonchev–Trinajstić information content (AvgIpc) is 3.07. The van der Waals surface area contributed by atoms with E-state index in [4.69, 9.17) is 4.74 Å². The number of hydrogen-bond acceptors (Lipinski definition) is 6. The standard InChI is InChI=1S/C18H23N5O2/c1-22(10-14-4-3-5-19-8-14)18(24)16-12-23(11-15(16)13-25-2)17-9-20-6-7-21-17/h3-9,15-16H,10-13H2,1-2H3/t15-,16+/m0/s1. The van der Waals surface area contributed by atoms with Crippen molar-refractivity contribution in [1.29, 1.82) is 0 Å². The lowest BCUT2D eigenvalue weighted by atomic mass is 9.95. The molecule has 0 bridgehead atoms. The molecule has 0 spiro atoms. The molecule has 7 heteroatoms. The Hall–Kier alpha value is -2.54. The molecule has 2 aromatic heterocycles. The van der Waals surface area contributed by atoms with Gasteiger partial charge in [0.25, 0.3) is 0 Å². The molecule has 25 heavy (non-hydrogen) atoms. The number of nitrogens with zero attached hydrogens (tertiary/aromatic N) is 5. The first-order valence-corrected chi connectivity index (χ1v) is 8.33. The second-order valence-corrected chi connectivity index (χ2v) is 6.35. The van der Waals surface area contributed by atoms with Gasteiger partial charge >= 0.3 is 0 Å². The van der Waals surface area contributed by atoms with Crippen molar-refractivity contribution in [2.45, 2.75) is 6.54 Å². The minimum atomic E-state index is -0.122. The molecule has 1 fully saturated rings. The molecule has 3 rings (SSSR count). The van der Waals surface area contributed by atoms with Crippen molar-refractivity contribution < 1.29 is 9.53 Å². The van der Waals surface area contributed by atoms with Crippen LogP contribution in [0.1, 0.15) is 5.56 Å². The number of hydrogen-bond donors (Lipinski definition) is 0. The van der Waals surface area contributed by atoms with Gasteiger partial charge in [-0.25, -0.2) is 4.98 Å². The van der Waals surface area contributed by atoms with Crippen LogP contribution in [0.3, 0.4) is 0 Å². The first-order valence-electron chi connectivity index (χ1n) is 8.33. The van der Waals surface area contributed by atoms with Crippen LogP contribution in [0.25, 0.3) is 0 Å². The first-order chi connectivity index (χ1) is 12.2. The molecule has 0 unspecified atom stereocenters. The summed E-state index contributed by atoms with van der Waals surface area (Å²) in [4.78, 5) is 29.5. The van der Waals surface area contributed by atoms with Crippen LogP contribution >= 0.6 is 0 Å². The van der Waals surface area contributed by atoms with Gasteiger partial charge in [-0.15, -0.1) is 0 Å². The number of carbonyl (C=O) groups excluding carboxylic acids is 1. The van der Waals surface area contributed by atoms with Gasteiger partial charge in [-0.3, -0.25) is 14.8 Å². The predicted octanol–water partition coefficient (Wildman–Crippen LogP) is 1.23. The van der Waals surface area contributed by atoms with E-state index in [1.807, 2.05) is 19.2 Å². The van der Waals surface area contributed by atoms with Gasteiger partial charge in [0.15, 0.2) is 0 Å². The number of anilines is 1. The van der Waals surface area contributed by atoms with Crippen molar-refractivity contribution in [3.05, 3.63) is 48.7 Å². The van der Waals surface area contributed by atoms with Crippen LogP contribution in [0.5, 0.6) is 0 Å². The Balaban J connectivity index is 1.70. The summed E-state index contributed by atoms with van der Waals surface area (Å²) < 4.78 is 5.34. The molecule has 0 N–H and O–H groups in total. The van der Waals surface area contributed by atoms with Crippen LogP contribution in [0, 0.1) is 11.8 Å². The van der Waals surface area contributed by atoms with Gasteiger partial charge in [0, 0.05) is 64.5 Å². The molecule has 1 aliphatic heterocycles. The molecule has 3 heterocycles. The fraction of sp³-hybridized carbons (Fsp3) is 0.444. The van der Waals surface area contributed by atoms with E-state index in [1.165, 1.54) is 0 Å². The average molecular weight is 341 g/mol. The topological polar surface area (TPSA) is 71.5 Å². The highest BCUT2D eigenvalue weighted by atomic mass is 16.5. The van der Waals surface area contributed by atoms with Gasteiger partial charge in [0.2, 0.25) is 5.91 Å². The Bertz CT molecular complexity index is 682. The molecule has 132 valence electrons. The number of pyridine rings is 1. The number of carbonyl (C=O) groups is 1. The summed E-state index contributed by atoms with van der Waals surface area (Å²) in [7, 11) is 3.51. The number of amides is 1. The van der Waals surface area contributed by atoms with Crippen LogP contribution in [0.15, 0.2) is 43.1 Å². The SMILES string of the molecule is COC[C@@H]1CN(c2cnccn2)C[C@H]1C(=O)N(C)Cc1cccnc1. The molecule has 2 aromatic rings. The number of methoxy groups -OCH3 is 1. The van der Waals surface area contributed by atoms with Crippen molar-refractivity contribution in [2.75, 3.05) is 38.8 Å². The van der Waals surface area contributed by atoms with Gasteiger partial charge in [0.1, 0.15) is 5.82 Å². The zero-order valence-electron chi connectivity index (χ0n) is 14.6. The number of aromatic nitrogens is 3. The van der Waals surface area contributed by atoms with E-state index in [0.29, 0.717) is 19.7 Å². The lowest BCUT2D eigenvalue weighted by Gasteiger charge is -2.24. The first kappa shape index (κ1) is 17.3. The van der Waals surface area contributed by atoms with Gasteiger partial charge < -0.3 is 14.5 Å². The van der Waals surface area contributed by atoms with E-state index < -0.39 is 0 Å². The Kier molecular flexibility index (Phi) is 5.55. The second kappa shape index (κ2) is 8.02. The van der Waals surface area contributed by atoms with E-state index in [0.717, 1.165) is 17.9 Å². The van der Waals surface area contributed by atoms with E-state index in [-0.39, 0.29) is 17.7 Å². The molecule has 2 atom stereocenters. The van der Waals surface area contributed by atoms with Crippen molar-refractivity contribution in [3.63, 3.8) is 0 Å². The molecule has 0 radical (unpaired) electrons. The molecule has 1 aliphatic rings. The third-order valence-electron chi connectivity index (χ3n) is 4.53. The summed E-state index contributed by atoms with van der Waals surface area (Å²) in [6, 6.07) is 3.86. The monoisotopic (exact) mass is 341 g/mol. The van der Waals surface area contributed by atoms with Crippen molar-refractivity contribution in [3.8, 4) is 0 Å². The molecule has 7 nitrogen and oxygen atoms in total. The Morgan fingerprint density at radius 2 is 2.12 bits per heavy atom. The van der Waals surface area contributed by atoms with E-state index in [9.17, 15) is 4.79 Å². The summed E-state index contributed by atoms with van der Waals surface area (Å²) in [5.41, 5.74) is 1.02. The number of rotatable bonds is 6. The molecule has 0 saturated carbocycles. The van der Waals surface area contributed by atoms with Gasteiger partial charge in [0.05, 0.1) is 18.7 Å². The third kappa shape index (κ3) is 4.11. The molecule has 1 saturated heterocycles. The highest BCUT2D eigenvalue weighted by molar-refractivity contribution is 5.80. The smallest absolute Gasteiger partial charge is 0.227 e. The lowest BCUT2D eigenvalue weighted by Crippen LogP contribution is -2.37. The van der Waals surface area contributed by atoms with Gasteiger partial charge in [-0.2, -0.15) is 0 Å². The third-order valence-corrected chi connectivity index (χ3v) is 4.53. The largest absolute Gasteiger partial charge is 0.384 e. The van der Waals surface area contributed by atoms with E-state index in [2.05, 4.69) is 19.9 Å². The lowest BCUT2D eigenvalue weighted by molar-refractivity contribution is -0.135. The van der Waals surface area contributed by atoms with E-state index in [1.54, 1.807) is 43.0 Å². The predicted molar refractivity (Wildman–Crippen MR) is 93.8 cm³/mol. The molecule has 0 aromatic carbocycles. The normalized spacial score (nSPS) is 19.8. The molecule has 1 amide bonds. The van der Waals surface area contributed by atoms with Crippen molar-refractivity contribution >= 4 is 11.7 Å². The minimum Gasteiger partial charge on any atom is -0.384 e. The summed E-state index contributed by atoms with van der Waals surface area (Å²) >= 11 is 0. The van der Waals surface area contributed by atoms with Crippen LogP contribution in [0.2, 0.25) is 0 Å². The second-order valence-electron chi connectivity index (χ2n) is 6.35. The fourth-order valence-corrected chi connectivity index (χ4v) is 3.30. The van der Waals surface area contributed by atoms with Crippen LogP contribution in [0.4, 0.5) is 5.82 Å². The quantitative estimate of drug-likeness (QED) is 0.787. The highest BCUT2D eigenvalue weighted by Crippen LogP contribution is 2.28. The summed E-state index contributed by atoms with van der Waals surface area (Å²) in [5.74, 6) is 0.936. The zero-order valence-corrected chi connectivity index (χ0v) is 14.6. The Morgan fingerprint density at radius 3 is 2.80 bits per heavy atom. The van der Waals surface area contributed by atoms with Crippen molar-refractivity contribution in [2.24, 2.45) is 11.8 Å². The van der Waals surface area contributed by atoms with Crippen LogP contribution in [-0.2, 0) is 16.1 Å². The van der Waals surface area contributed by atoms with Crippen LogP contribution in [-0.4, -0.2) is 59.6 Å². The van der Waals surface area contributed by atoms with Gasteiger partial charge in [-0.05, 0) is 11.6 Å². The van der Waals surface area contributed by atoms with Crippen LogP contribution < -0.4 is 4.90 Å². The highest BCUT2D eigenvalue weighted by Gasteiger charge is 2.39. The maximum Gasteiger partial charge on any atom is 0.227 e.